The summed E-state index contributed by atoms with van der Waals surface area (Å²) in [6.07, 6.45) is 0. The van der Waals surface area contributed by atoms with Crippen LogP contribution < -0.4 is 15.4 Å². The van der Waals surface area contributed by atoms with Crippen molar-refractivity contribution in [3.63, 3.8) is 0 Å². The maximum absolute atomic E-state index is 12.1. The van der Waals surface area contributed by atoms with Gasteiger partial charge in [0.2, 0.25) is 5.91 Å². The predicted molar refractivity (Wildman–Crippen MR) is 103 cm³/mol. The Kier molecular flexibility index (Phi) is 6.86. The summed E-state index contributed by atoms with van der Waals surface area (Å²) >= 11 is 7.94. The molecule has 0 saturated carbocycles. The standard InChI is InChI=1S/C17H16ClIN2O3/c1-2-24-13-6-4-12(5-7-13)21-16(22)10-20-17(23)14-9-11(18)3-8-15(14)19/h3-9H,2,10H2,1H3,(H,20,23)(H,21,22). The molecule has 2 amide bonds. The molecule has 2 rings (SSSR count). The monoisotopic (exact) mass is 458 g/mol. The van der Waals surface area contributed by atoms with Gasteiger partial charge in [-0.3, -0.25) is 9.59 Å². The summed E-state index contributed by atoms with van der Waals surface area (Å²) in [6, 6.07) is 12.0. The Morgan fingerprint density at radius 2 is 1.88 bits per heavy atom. The van der Waals surface area contributed by atoms with Gasteiger partial charge in [0, 0.05) is 14.3 Å². The lowest BCUT2D eigenvalue weighted by Crippen LogP contribution is -2.33. The fourth-order valence-electron chi connectivity index (χ4n) is 1.93. The maximum atomic E-state index is 12.1. The van der Waals surface area contributed by atoms with E-state index in [1.807, 2.05) is 29.5 Å². The van der Waals surface area contributed by atoms with Crippen LogP contribution in [-0.4, -0.2) is 25.0 Å². The third-order valence-corrected chi connectivity index (χ3v) is 4.21. The first-order valence-corrected chi connectivity index (χ1v) is 8.71. The number of rotatable bonds is 6. The number of amides is 2. The first-order valence-electron chi connectivity index (χ1n) is 7.25. The van der Waals surface area contributed by atoms with Crippen molar-refractivity contribution in [1.29, 1.82) is 0 Å². The van der Waals surface area contributed by atoms with Crippen molar-refractivity contribution in [3.05, 3.63) is 56.6 Å². The van der Waals surface area contributed by atoms with Crippen molar-refractivity contribution in [2.45, 2.75) is 6.92 Å². The predicted octanol–water partition coefficient (Wildman–Crippen LogP) is 3.71. The number of nitrogens with one attached hydrogen (secondary N) is 2. The molecule has 0 aliphatic carbocycles. The summed E-state index contributed by atoms with van der Waals surface area (Å²) in [4.78, 5) is 24.0. The second-order valence-electron chi connectivity index (χ2n) is 4.81. The van der Waals surface area contributed by atoms with E-state index >= 15 is 0 Å². The average Bonchev–Trinajstić information content (AvgIpc) is 2.57. The molecule has 2 aromatic carbocycles. The lowest BCUT2D eigenvalue weighted by Gasteiger charge is -2.09. The lowest BCUT2D eigenvalue weighted by molar-refractivity contribution is -0.115. The fraction of sp³-hybridized carbons (Fsp3) is 0.176. The molecule has 24 heavy (non-hydrogen) atoms. The lowest BCUT2D eigenvalue weighted by atomic mass is 10.2. The minimum Gasteiger partial charge on any atom is -0.494 e. The van der Waals surface area contributed by atoms with Crippen molar-refractivity contribution in [2.24, 2.45) is 0 Å². The highest BCUT2D eigenvalue weighted by molar-refractivity contribution is 14.1. The van der Waals surface area contributed by atoms with Crippen LogP contribution in [0, 0.1) is 3.57 Å². The normalized spacial score (nSPS) is 10.1. The van der Waals surface area contributed by atoms with Crippen molar-refractivity contribution in [3.8, 4) is 5.75 Å². The van der Waals surface area contributed by atoms with E-state index in [9.17, 15) is 9.59 Å². The smallest absolute Gasteiger partial charge is 0.252 e. The Hall–Kier alpha value is -1.80. The third kappa shape index (κ3) is 5.38. The molecule has 0 atom stereocenters. The fourth-order valence-corrected chi connectivity index (χ4v) is 2.69. The average molecular weight is 459 g/mol. The highest BCUT2D eigenvalue weighted by Gasteiger charge is 2.12. The summed E-state index contributed by atoms with van der Waals surface area (Å²) in [7, 11) is 0. The largest absolute Gasteiger partial charge is 0.494 e. The molecule has 0 unspecified atom stereocenters. The van der Waals surface area contributed by atoms with E-state index in [1.54, 1.807) is 42.5 Å². The third-order valence-electron chi connectivity index (χ3n) is 3.03. The van der Waals surface area contributed by atoms with Gasteiger partial charge in [-0.15, -0.1) is 0 Å². The second kappa shape index (κ2) is 8.89. The molecule has 0 aromatic heterocycles. The molecule has 2 aromatic rings. The number of anilines is 1. The van der Waals surface area contributed by atoms with Gasteiger partial charge < -0.3 is 15.4 Å². The highest BCUT2D eigenvalue weighted by Crippen LogP contribution is 2.18. The summed E-state index contributed by atoms with van der Waals surface area (Å²) < 4.78 is 6.10. The minimum absolute atomic E-state index is 0.130. The van der Waals surface area contributed by atoms with Crippen LogP contribution in [0.25, 0.3) is 0 Å². The topological polar surface area (TPSA) is 67.4 Å². The molecule has 5 nitrogen and oxygen atoms in total. The molecule has 7 heteroatoms. The van der Waals surface area contributed by atoms with Gasteiger partial charge in [-0.25, -0.2) is 0 Å². The molecular formula is C17H16ClIN2O3. The van der Waals surface area contributed by atoms with Gasteiger partial charge in [0.1, 0.15) is 5.75 Å². The highest BCUT2D eigenvalue weighted by atomic mass is 127. The molecule has 0 bridgehead atoms. The van der Waals surface area contributed by atoms with E-state index in [0.717, 1.165) is 9.32 Å². The molecule has 0 fully saturated rings. The SMILES string of the molecule is CCOc1ccc(NC(=O)CNC(=O)c2cc(Cl)ccc2I)cc1. The maximum Gasteiger partial charge on any atom is 0.252 e. The van der Waals surface area contributed by atoms with Gasteiger partial charge in [-0.2, -0.15) is 0 Å². The van der Waals surface area contributed by atoms with Crippen molar-refractivity contribution >= 4 is 51.7 Å². The number of carbonyl (C=O) groups is 2. The van der Waals surface area contributed by atoms with Gasteiger partial charge in [-0.05, 0) is 72.0 Å². The minimum atomic E-state index is -0.344. The van der Waals surface area contributed by atoms with Crippen LogP contribution in [0.4, 0.5) is 5.69 Å². The van der Waals surface area contributed by atoms with Crippen LogP contribution in [0.1, 0.15) is 17.3 Å². The van der Waals surface area contributed by atoms with Crippen LogP contribution in [0.3, 0.4) is 0 Å². The quantitative estimate of drug-likeness (QED) is 0.649. The van der Waals surface area contributed by atoms with Gasteiger partial charge >= 0.3 is 0 Å². The molecule has 0 heterocycles. The Bertz CT molecular complexity index is 735. The Morgan fingerprint density at radius 3 is 2.54 bits per heavy atom. The van der Waals surface area contributed by atoms with Gasteiger partial charge in [0.15, 0.2) is 0 Å². The van der Waals surface area contributed by atoms with Crippen LogP contribution in [0.2, 0.25) is 5.02 Å². The molecule has 0 saturated heterocycles. The summed E-state index contributed by atoms with van der Waals surface area (Å²) in [5.41, 5.74) is 1.08. The Morgan fingerprint density at radius 1 is 1.17 bits per heavy atom. The van der Waals surface area contributed by atoms with E-state index < -0.39 is 0 Å². The number of benzene rings is 2. The van der Waals surface area contributed by atoms with Gasteiger partial charge in [0.05, 0.1) is 18.7 Å². The molecule has 0 aliphatic rings. The molecule has 0 spiro atoms. The van der Waals surface area contributed by atoms with E-state index in [-0.39, 0.29) is 18.4 Å². The van der Waals surface area contributed by atoms with Crippen LogP contribution >= 0.6 is 34.2 Å². The molecule has 2 N–H and O–H groups in total. The number of ether oxygens (including phenoxy) is 1. The molecule has 126 valence electrons. The molecular weight excluding hydrogens is 443 g/mol. The first-order chi connectivity index (χ1) is 11.5. The Balaban J connectivity index is 1.88. The number of hydrogen-bond donors (Lipinski definition) is 2. The zero-order valence-corrected chi connectivity index (χ0v) is 15.8. The van der Waals surface area contributed by atoms with Crippen molar-refractivity contribution in [1.82, 2.24) is 5.32 Å². The zero-order chi connectivity index (χ0) is 17.5. The molecule has 0 aliphatic heterocycles. The zero-order valence-electron chi connectivity index (χ0n) is 12.9. The summed E-state index contributed by atoms with van der Waals surface area (Å²) in [6.45, 7) is 2.36. The van der Waals surface area contributed by atoms with E-state index in [0.29, 0.717) is 22.9 Å². The van der Waals surface area contributed by atoms with Gasteiger partial charge in [-0.1, -0.05) is 11.6 Å². The van der Waals surface area contributed by atoms with Crippen LogP contribution in [-0.2, 0) is 4.79 Å². The number of hydrogen-bond acceptors (Lipinski definition) is 3. The van der Waals surface area contributed by atoms with Gasteiger partial charge in [0.25, 0.3) is 5.91 Å². The molecule has 0 radical (unpaired) electrons. The summed E-state index contributed by atoms with van der Waals surface area (Å²) in [5, 5.41) is 5.76. The summed E-state index contributed by atoms with van der Waals surface area (Å²) in [5.74, 6) is 0.0765. The van der Waals surface area contributed by atoms with E-state index in [4.69, 9.17) is 16.3 Å². The van der Waals surface area contributed by atoms with Crippen molar-refractivity contribution < 1.29 is 14.3 Å². The second-order valence-corrected chi connectivity index (χ2v) is 6.41. The van der Waals surface area contributed by atoms with Crippen molar-refractivity contribution in [2.75, 3.05) is 18.5 Å². The first kappa shape index (κ1) is 18.5. The Labute approximate surface area is 158 Å². The van der Waals surface area contributed by atoms with E-state index in [1.165, 1.54) is 0 Å². The van der Waals surface area contributed by atoms with Crippen LogP contribution in [0.15, 0.2) is 42.5 Å². The number of halogens is 2. The number of carbonyl (C=O) groups excluding carboxylic acids is 2. The van der Waals surface area contributed by atoms with E-state index in [2.05, 4.69) is 10.6 Å². The van der Waals surface area contributed by atoms with Crippen LogP contribution in [0.5, 0.6) is 5.75 Å².